The molecule has 0 bridgehead atoms. The lowest BCUT2D eigenvalue weighted by atomic mass is 10.4. The van der Waals surface area contributed by atoms with Crippen LogP contribution >= 0.6 is 0 Å². The summed E-state index contributed by atoms with van der Waals surface area (Å²) in [5.41, 5.74) is 0.605. The molecule has 0 spiro atoms. The predicted molar refractivity (Wildman–Crippen MR) is 56.9 cm³/mol. The van der Waals surface area contributed by atoms with Gasteiger partial charge in [0.1, 0.15) is 5.69 Å². The standard InChI is InChI=1S/C11H17NO3/c1-3-15-11(13)10-6-4-7-12(10)8-5-9-14-2/h4,6-7H,3,5,8-9H2,1-2H3. The van der Waals surface area contributed by atoms with Crippen molar-refractivity contribution in [3.05, 3.63) is 24.0 Å². The maximum atomic E-state index is 11.5. The number of aryl methyl sites for hydroxylation is 1. The minimum Gasteiger partial charge on any atom is -0.461 e. The number of ether oxygens (including phenoxy) is 2. The van der Waals surface area contributed by atoms with Crippen molar-refractivity contribution in [2.24, 2.45) is 0 Å². The van der Waals surface area contributed by atoms with Gasteiger partial charge in [-0.15, -0.1) is 0 Å². The van der Waals surface area contributed by atoms with E-state index >= 15 is 0 Å². The highest BCUT2D eigenvalue weighted by atomic mass is 16.5. The molecule has 0 aliphatic rings. The average molecular weight is 211 g/mol. The molecule has 0 fully saturated rings. The molecule has 0 aliphatic heterocycles. The zero-order valence-electron chi connectivity index (χ0n) is 9.23. The highest BCUT2D eigenvalue weighted by Gasteiger charge is 2.10. The molecule has 0 aromatic carbocycles. The average Bonchev–Trinajstić information content (AvgIpc) is 2.67. The second kappa shape index (κ2) is 6.24. The van der Waals surface area contributed by atoms with Crippen molar-refractivity contribution in [3.63, 3.8) is 0 Å². The summed E-state index contributed by atoms with van der Waals surface area (Å²) in [5.74, 6) is -0.264. The fraction of sp³-hybridized carbons (Fsp3) is 0.545. The first-order chi connectivity index (χ1) is 7.29. The van der Waals surface area contributed by atoms with Crippen LogP contribution in [-0.2, 0) is 16.0 Å². The van der Waals surface area contributed by atoms with Gasteiger partial charge in [0.25, 0.3) is 0 Å². The number of hydrogen-bond acceptors (Lipinski definition) is 3. The first kappa shape index (κ1) is 11.8. The highest BCUT2D eigenvalue weighted by Crippen LogP contribution is 2.05. The summed E-state index contributed by atoms with van der Waals surface area (Å²) in [6.07, 6.45) is 2.76. The van der Waals surface area contributed by atoms with Gasteiger partial charge in [-0.25, -0.2) is 4.79 Å². The van der Waals surface area contributed by atoms with Crippen molar-refractivity contribution in [1.82, 2.24) is 4.57 Å². The molecule has 0 radical (unpaired) electrons. The monoisotopic (exact) mass is 211 g/mol. The Morgan fingerprint density at radius 3 is 3.00 bits per heavy atom. The molecular weight excluding hydrogens is 194 g/mol. The largest absolute Gasteiger partial charge is 0.461 e. The van der Waals surface area contributed by atoms with Gasteiger partial charge in [0.15, 0.2) is 0 Å². The predicted octanol–water partition coefficient (Wildman–Crippen LogP) is 1.70. The van der Waals surface area contributed by atoms with Gasteiger partial charge in [-0.2, -0.15) is 0 Å². The van der Waals surface area contributed by atoms with Gasteiger partial charge in [-0.05, 0) is 25.5 Å². The van der Waals surface area contributed by atoms with E-state index in [0.29, 0.717) is 18.9 Å². The van der Waals surface area contributed by atoms with E-state index in [0.717, 1.165) is 13.0 Å². The summed E-state index contributed by atoms with van der Waals surface area (Å²) in [6.45, 7) is 3.67. The molecule has 4 heteroatoms. The molecule has 0 unspecified atom stereocenters. The van der Waals surface area contributed by atoms with Gasteiger partial charge >= 0.3 is 5.97 Å². The second-order valence-corrected chi connectivity index (χ2v) is 3.15. The number of methoxy groups -OCH3 is 1. The summed E-state index contributed by atoms with van der Waals surface area (Å²) in [4.78, 5) is 11.5. The van der Waals surface area contributed by atoms with Gasteiger partial charge in [0.05, 0.1) is 6.61 Å². The van der Waals surface area contributed by atoms with Crippen molar-refractivity contribution in [3.8, 4) is 0 Å². The number of carbonyl (C=O) groups is 1. The maximum Gasteiger partial charge on any atom is 0.354 e. The molecule has 1 aromatic rings. The summed E-state index contributed by atoms with van der Waals surface area (Å²) in [7, 11) is 1.67. The number of esters is 1. The fourth-order valence-corrected chi connectivity index (χ4v) is 1.38. The van der Waals surface area contributed by atoms with Crippen LogP contribution in [0, 0.1) is 0 Å². The zero-order chi connectivity index (χ0) is 11.1. The quantitative estimate of drug-likeness (QED) is 0.531. The molecule has 0 atom stereocenters. The third-order valence-electron chi connectivity index (χ3n) is 2.06. The molecule has 4 nitrogen and oxygen atoms in total. The van der Waals surface area contributed by atoms with Crippen molar-refractivity contribution in [1.29, 1.82) is 0 Å². The smallest absolute Gasteiger partial charge is 0.354 e. The van der Waals surface area contributed by atoms with Crippen LogP contribution < -0.4 is 0 Å². The van der Waals surface area contributed by atoms with Crippen LogP contribution in [0.1, 0.15) is 23.8 Å². The van der Waals surface area contributed by atoms with E-state index in [1.165, 1.54) is 0 Å². The third-order valence-corrected chi connectivity index (χ3v) is 2.06. The van der Waals surface area contributed by atoms with E-state index in [2.05, 4.69) is 0 Å². The number of carbonyl (C=O) groups excluding carboxylic acids is 1. The van der Waals surface area contributed by atoms with Gasteiger partial charge in [0, 0.05) is 26.5 Å². The fourth-order valence-electron chi connectivity index (χ4n) is 1.38. The lowest BCUT2D eigenvalue weighted by Gasteiger charge is -2.07. The van der Waals surface area contributed by atoms with Gasteiger partial charge in [0.2, 0.25) is 0 Å². The Morgan fingerprint density at radius 2 is 2.33 bits per heavy atom. The summed E-state index contributed by atoms with van der Waals surface area (Å²) in [6, 6.07) is 3.61. The highest BCUT2D eigenvalue weighted by molar-refractivity contribution is 5.87. The third kappa shape index (κ3) is 3.40. The first-order valence-electron chi connectivity index (χ1n) is 5.10. The summed E-state index contributed by atoms with van der Waals surface area (Å²) in [5, 5.41) is 0. The van der Waals surface area contributed by atoms with Crippen molar-refractivity contribution in [2.75, 3.05) is 20.3 Å². The summed E-state index contributed by atoms with van der Waals surface area (Å²) < 4.78 is 11.8. The molecule has 0 saturated carbocycles. The SMILES string of the molecule is CCOC(=O)c1cccn1CCCOC. The van der Waals surface area contributed by atoms with Gasteiger partial charge in [-0.1, -0.05) is 0 Å². The van der Waals surface area contributed by atoms with Crippen LogP contribution in [0.3, 0.4) is 0 Å². The van der Waals surface area contributed by atoms with E-state index in [-0.39, 0.29) is 5.97 Å². The van der Waals surface area contributed by atoms with Crippen LogP contribution in [0.4, 0.5) is 0 Å². The second-order valence-electron chi connectivity index (χ2n) is 3.15. The van der Waals surface area contributed by atoms with Crippen LogP contribution in [0.2, 0.25) is 0 Å². The van der Waals surface area contributed by atoms with Gasteiger partial charge in [-0.3, -0.25) is 0 Å². The Kier molecular flexibility index (Phi) is 4.90. The Morgan fingerprint density at radius 1 is 1.53 bits per heavy atom. The molecule has 0 amide bonds. The van der Waals surface area contributed by atoms with E-state index < -0.39 is 0 Å². The lowest BCUT2D eigenvalue weighted by molar-refractivity contribution is 0.0513. The van der Waals surface area contributed by atoms with Crippen molar-refractivity contribution in [2.45, 2.75) is 19.9 Å². The van der Waals surface area contributed by atoms with Gasteiger partial charge < -0.3 is 14.0 Å². The van der Waals surface area contributed by atoms with Crippen LogP contribution in [0.25, 0.3) is 0 Å². The molecule has 1 rings (SSSR count). The Hall–Kier alpha value is -1.29. The number of hydrogen-bond donors (Lipinski definition) is 0. The van der Waals surface area contributed by atoms with Crippen LogP contribution in [0.5, 0.6) is 0 Å². The number of nitrogens with zero attached hydrogens (tertiary/aromatic N) is 1. The normalized spacial score (nSPS) is 10.3. The Labute approximate surface area is 89.8 Å². The molecule has 0 saturated heterocycles. The van der Waals surface area contributed by atoms with Crippen molar-refractivity contribution >= 4 is 5.97 Å². The van der Waals surface area contributed by atoms with Crippen molar-refractivity contribution < 1.29 is 14.3 Å². The lowest BCUT2D eigenvalue weighted by Crippen LogP contribution is -2.12. The molecule has 15 heavy (non-hydrogen) atoms. The molecule has 0 aliphatic carbocycles. The Balaban J connectivity index is 2.56. The molecular formula is C11H17NO3. The number of rotatable bonds is 6. The first-order valence-corrected chi connectivity index (χ1v) is 5.10. The topological polar surface area (TPSA) is 40.5 Å². The van der Waals surface area contributed by atoms with E-state index in [9.17, 15) is 4.79 Å². The maximum absolute atomic E-state index is 11.5. The Bertz CT molecular complexity index is 307. The zero-order valence-corrected chi connectivity index (χ0v) is 9.23. The van der Waals surface area contributed by atoms with Crippen LogP contribution in [-0.4, -0.2) is 30.9 Å². The van der Waals surface area contributed by atoms with E-state index in [1.54, 1.807) is 20.1 Å². The minimum atomic E-state index is -0.264. The molecule has 1 aromatic heterocycles. The summed E-state index contributed by atoms with van der Waals surface area (Å²) >= 11 is 0. The molecule has 1 heterocycles. The molecule has 84 valence electrons. The van der Waals surface area contributed by atoms with E-state index in [4.69, 9.17) is 9.47 Å². The minimum absolute atomic E-state index is 0.264. The number of aromatic nitrogens is 1. The molecule has 0 N–H and O–H groups in total. The van der Waals surface area contributed by atoms with Crippen LogP contribution in [0.15, 0.2) is 18.3 Å². The van der Waals surface area contributed by atoms with E-state index in [1.807, 2.05) is 16.8 Å².